The maximum atomic E-state index is 13.8. The van der Waals surface area contributed by atoms with Crippen LogP contribution in [0.5, 0.6) is 0 Å². The van der Waals surface area contributed by atoms with Crippen molar-refractivity contribution in [3.63, 3.8) is 0 Å². The van der Waals surface area contributed by atoms with E-state index in [-0.39, 0.29) is 0 Å². The van der Waals surface area contributed by atoms with Gasteiger partial charge in [-0.25, -0.2) is 0 Å². The first-order chi connectivity index (χ1) is 21.6. The Morgan fingerprint density at radius 1 is 0.444 bits per heavy atom. The van der Waals surface area contributed by atoms with Crippen molar-refractivity contribution in [2.24, 2.45) is 0 Å². The second-order valence-corrected chi connectivity index (χ2v) is 22.1. The number of nitrogens with zero attached hydrogens (tertiary/aromatic N) is 3. The van der Waals surface area contributed by atoms with Gasteiger partial charge in [0.25, 0.3) is 0 Å². The van der Waals surface area contributed by atoms with Crippen LogP contribution in [0.3, 0.4) is 0 Å². The van der Waals surface area contributed by atoms with E-state index in [1.54, 1.807) is 72.8 Å². The molecule has 4 aliphatic rings. The molecule has 12 nitrogen and oxygen atoms in total. The van der Waals surface area contributed by atoms with Crippen LogP contribution in [0.1, 0.15) is 51.8 Å². The molecule has 0 aliphatic carbocycles. The van der Waals surface area contributed by atoms with E-state index in [1.165, 1.54) is 30.1 Å². The van der Waals surface area contributed by atoms with Gasteiger partial charge < -0.3 is 0 Å². The molecule has 0 saturated carbocycles. The number of rotatable bonds is 0. The van der Waals surface area contributed by atoms with Crippen LogP contribution in [0.4, 0.5) is 0 Å². The van der Waals surface area contributed by atoms with E-state index in [1.807, 2.05) is 0 Å². The van der Waals surface area contributed by atoms with Gasteiger partial charge in [0.05, 0.1) is 0 Å². The molecule has 0 aromatic heterocycles. The fraction of sp³-hybridized carbons (Fsp3) is 0.200. The predicted octanol–water partition coefficient (Wildman–Crippen LogP) is 4.78. The minimum atomic E-state index is -3.40. The Bertz CT molecular complexity index is 1630. The monoisotopic (exact) mass is 951 g/mol. The first-order valence-corrected chi connectivity index (χ1v) is 22.4. The van der Waals surface area contributed by atoms with Gasteiger partial charge in [-0.05, 0) is 0 Å². The molecule has 0 radical (unpaired) electrons. The van der Waals surface area contributed by atoms with E-state index >= 15 is 0 Å². The number of amides is 3. The van der Waals surface area contributed by atoms with Crippen LogP contribution in [-0.4, -0.2) is 63.1 Å². The number of carbonyl (C=O) groups excluding carboxylic acids is 6. The number of fused-ring (bicyclic) bond motifs is 9. The van der Waals surface area contributed by atoms with Gasteiger partial charge in [0.15, 0.2) is 0 Å². The summed E-state index contributed by atoms with van der Waals surface area (Å²) in [7, 11) is 0. The maximum absolute atomic E-state index is 13.8. The van der Waals surface area contributed by atoms with Crippen LogP contribution in [-0.2, 0) is 23.6 Å². The summed E-state index contributed by atoms with van der Waals surface area (Å²) in [5.74, 6) is -3.76. The Morgan fingerprint density at radius 2 is 0.689 bits per heavy atom. The Balaban J connectivity index is 1.37. The molecule has 3 atom stereocenters. The van der Waals surface area contributed by atoms with Crippen LogP contribution < -0.4 is 0 Å². The van der Waals surface area contributed by atoms with Crippen molar-refractivity contribution in [2.75, 3.05) is 0 Å². The quantitative estimate of drug-likeness (QED) is 0.230. The fourth-order valence-corrected chi connectivity index (χ4v) is 19.6. The summed E-state index contributed by atoms with van der Waals surface area (Å²) >= 11 is -10.2. The van der Waals surface area contributed by atoms with Crippen LogP contribution in [0, 0.1) is 10.7 Å². The molecule has 1 saturated heterocycles. The topological polar surface area (TPSA) is 140 Å². The van der Waals surface area contributed by atoms with Crippen molar-refractivity contribution in [3.8, 4) is 0 Å². The summed E-state index contributed by atoms with van der Waals surface area (Å²) in [5.41, 5.74) is 0.976. The predicted molar refractivity (Wildman–Crippen MR) is 183 cm³/mol. The Kier molecular flexibility index (Phi) is 7.74. The summed E-state index contributed by atoms with van der Waals surface area (Å²) < 4.78 is 23.8. The molecule has 0 bridgehead atoms. The van der Waals surface area contributed by atoms with Crippen LogP contribution in [0.2, 0.25) is 0 Å². The Hall–Kier alpha value is -3.33. The third-order valence-corrected chi connectivity index (χ3v) is 22.4. The van der Waals surface area contributed by atoms with E-state index in [2.05, 4.69) is 0 Å². The Morgan fingerprint density at radius 3 is 0.956 bits per heavy atom. The van der Waals surface area contributed by atoms with E-state index in [0.29, 0.717) is 27.4 Å². The summed E-state index contributed by atoms with van der Waals surface area (Å²) in [6.07, 6.45) is 0. The third-order valence-electron chi connectivity index (χ3n) is 7.40. The van der Waals surface area contributed by atoms with Crippen molar-refractivity contribution >= 4 is 97.2 Å². The summed E-state index contributed by atoms with van der Waals surface area (Å²) in [5, 5.41) is 0. The van der Waals surface area contributed by atoms with Gasteiger partial charge in [0.1, 0.15) is 0 Å². The molecule has 15 heteroatoms. The molecule has 1 fully saturated rings. The Labute approximate surface area is 281 Å². The van der Waals surface area contributed by atoms with Gasteiger partial charge in [-0.3, -0.25) is 0 Å². The SMILES string of the molecule is C[C@H]1C(=O)OI2c3ccccc3C(=O)N2[C@@H](C)C(=O)OI2c3ccccc3C(=O)N2[C@@H](C)C(=O)OI2c3ccccc3C(=O)N12. The summed E-state index contributed by atoms with van der Waals surface area (Å²) in [6, 6.07) is 16.7. The van der Waals surface area contributed by atoms with Crippen LogP contribution in [0.25, 0.3) is 0 Å². The van der Waals surface area contributed by atoms with Crippen molar-refractivity contribution in [2.45, 2.75) is 38.9 Å². The van der Waals surface area contributed by atoms with Crippen LogP contribution in [0.15, 0.2) is 72.8 Å². The molecule has 234 valence electrons. The second-order valence-electron chi connectivity index (χ2n) is 10.2. The van der Waals surface area contributed by atoms with Gasteiger partial charge in [-0.2, -0.15) is 0 Å². The van der Waals surface area contributed by atoms with E-state index in [9.17, 15) is 28.8 Å². The van der Waals surface area contributed by atoms with Crippen molar-refractivity contribution < 1.29 is 38.0 Å². The second kappa shape index (κ2) is 11.5. The molecule has 0 N–H and O–H groups in total. The van der Waals surface area contributed by atoms with Gasteiger partial charge in [0.2, 0.25) is 0 Å². The molecule has 4 heterocycles. The molecule has 4 aliphatic heterocycles. The third kappa shape index (κ3) is 4.71. The standard InChI is InChI=1S/C30H24I3N3O9/c1-16-28(40)43-32-23-14-8-5-11-20(23)26(38)35(32)18(3)30(42)45-33-24-15-9-6-12-21(24)27(39)36(33)17(2)29(41)44-31-22-13-7-4-10-19(22)25(37)34(16)31/h4-18H,1-3H3/t16-,17-,18-/m0/s1. The molecule has 0 spiro atoms. The molecule has 0 unspecified atom stereocenters. The number of halogens is 3. The van der Waals surface area contributed by atoms with Gasteiger partial charge >= 0.3 is 284 Å². The van der Waals surface area contributed by atoms with Gasteiger partial charge in [0, 0.05) is 0 Å². The van der Waals surface area contributed by atoms with Crippen molar-refractivity contribution in [1.82, 2.24) is 9.34 Å². The van der Waals surface area contributed by atoms with Crippen LogP contribution >= 0.6 is 61.5 Å². The van der Waals surface area contributed by atoms with E-state index < -0.39 is 115 Å². The van der Waals surface area contributed by atoms with E-state index in [4.69, 9.17) is 9.20 Å². The molecule has 3 aromatic rings. The number of hydrogen-bond acceptors (Lipinski definition) is 9. The van der Waals surface area contributed by atoms with Crippen molar-refractivity contribution in [1.29, 1.82) is 0 Å². The fourth-order valence-electron chi connectivity index (χ4n) is 5.03. The molecule has 7 rings (SSSR count). The summed E-state index contributed by atoms with van der Waals surface area (Å²) in [6.45, 7) is 4.50. The van der Waals surface area contributed by atoms with Gasteiger partial charge in [-0.15, -0.1) is 0 Å². The van der Waals surface area contributed by atoms with Gasteiger partial charge in [-0.1, -0.05) is 0 Å². The molecule has 3 amide bonds. The number of carbonyl (C=O) groups is 6. The zero-order chi connectivity index (χ0) is 31.7. The first kappa shape index (κ1) is 30.3. The molecule has 3 aromatic carbocycles. The number of benzene rings is 3. The average Bonchev–Trinajstić information content (AvgIpc) is 3.60. The van der Waals surface area contributed by atoms with Crippen molar-refractivity contribution in [3.05, 3.63) is 100 Å². The molecular weight excluding hydrogens is 927 g/mol. The normalized spacial score (nSPS) is 25.3. The first-order valence-electron chi connectivity index (χ1n) is 13.6. The molecular formula is C30H24I3N3O9. The molecule has 45 heavy (non-hydrogen) atoms. The average molecular weight is 951 g/mol. The minimum absolute atomic E-state index is 0.325. The zero-order valence-electron chi connectivity index (χ0n) is 23.8. The van der Waals surface area contributed by atoms with E-state index in [0.717, 1.165) is 0 Å². The number of hydrogen-bond donors (Lipinski definition) is 0. The summed E-state index contributed by atoms with van der Waals surface area (Å²) in [4.78, 5) is 82.7. The zero-order valence-corrected chi connectivity index (χ0v) is 30.3.